The van der Waals surface area contributed by atoms with E-state index in [1.165, 1.54) is 4.90 Å². The third-order valence-electron chi connectivity index (χ3n) is 3.84. The molecule has 0 heterocycles. The molecule has 0 aliphatic rings. The lowest BCUT2D eigenvalue weighted by atomic mass is 9.87. The number of rotatable bonds is 2. The number of amides is 3. The van der Waals surface area contributed by atoms with Gasteiger partial charge in [-0.05, 0) is 35.2 Å². The summed E-state index contributed by atoms with van der Waals surface area (Å²) in [6, 6.07) is 11.8. The van der Waals surface area contributed by atoms with Gasteiger partial charge in [-0.15, -0.1) is 0 Å². The number of nitrogens with zero attached hydrogens (tertiary/aromatic N) is 1. The second-order valence-electron chi connectivity index (χ2n) is 6.71. The highest BCUT2D eigenvalue weighted by Crippen LogP contribution is 2.26. The molecule has 0 spiro atoms. The van der Waals surface area contributed by atoms with E-state index in [0.717, 1.165) is 5.56 Å². The quantitative estimate of drug-likeness (QED) is 0.772. The second kappa shape index (κ2) is 7.46. The highest BCUT2D eigenvalue weighted by Gasteiger charge is 2.20. The minimum absolute atomic E-state index is 0.0239. The van der Waals surface area contributed by atoms with Crippen molar-refractivity contribution in [2.75, 3.05) is 11.9 Å². The van der Waals surface area contributed by atoms with E-state index < -0.39 is 11.9 Å². The van der Waals surface area contributed by atoms with Crippen LogP contribution in [0.1, 0.15) is 36.7 Å². The first kappa shape index (κ1) is 19.3. The average Bonchev–Trinajstić information content (AvgIpc) is 2.53. The molecular weight excluding hydrogens is 359 g/mol. The zero-order chi connectivity index (χ0) is 18.8. The van der Waals surface area contributed by atoms with E-state index in [9.17, 15) is 9.59 Å². The van der Waals surface area contributed by atoms with Gasteiger partial charge in [0.05, 0.1) is 15.6 Å². The molecule has 4 nitrogen and oxygen atoms in total. The number of hydrogen-bond acceptors (Lipinski definition) is 2. The first-order valence-electron chi connectivity index (χ1n) is 7.75. The molecule has 6 heteroatoms. The maximum Gasteiger partial charge on any atom is 0.328 e. The van der Waals surface area contributed by atoms with Crippen molar-refractivity contribution < 1.29 is 9.59 Å². The Morgan fingerprint density at radius 3 is 1.96 bits per heavy atom. The molecule has 0 fully saturated rings. The minimum atomic E-state index is -0.640. The molecule has 0 saturated heterocycles. The monoisotopic (exact) mass is 378 g/mol. The van der Waals surface area contributed by atoms with Gasteiger partial charge in [0.25, 0.3) is 5.91 Å². The van der Waals surface area contributed by atoms with Crippen LogP contribution < -0.4 is 10.2 Å². The predicted molar refractivity (Wildman–Crippen MR) is 103 cm³/mol. The highest BCUT2D eigenvalue weighted by atomic mass is 35.5. The Bertz CT molecular complexity index is 776. The lowest BCUT2D eigenvalue weighted by Crippen LogP contribution is -2.41. The molecule has 2 aromatic rings. The number of anilines is 1. The molecule has 0 saturated carbocycles. The van der Waals surface area contributed by atoms with Gasteiger partial charge in [0, 0.05) is 12.7 Å². The molecule has 1 N–H and O–H groups in total. The van der Waals surface area contributed by atoms with Crippen LogP contribution in [0.15, 0.2) is 42.5 Å². The van der Waals surface area contributed by atoms with Crippen LogP contribution in [0.3, 0.4) is 0 Å². The molecule has 0 aromatic heterocycles. The van der Waals surface area contributed by atoms with Gasteiger partial charge < -0.3 is 0 Å². The first-order chi connectivity index (χ1) is 11.6. The Morgan fingerprint density at radius 1 is 0.960 bits per heavy atom. The number of imide groups is 1. The van der Waals surface area contributed by atoms with Gasteiger partial charge in [-0.3, -0.25) is 15.0 Å². The first-order valence-corrected chi connectivity index (χ1v) is 8.50. The van der Waals surface area contributed by atoms with Crippen LogP contribution in [0, 0.1) is 0 Å². The van der Waals surface area contributed by atoms with Gasteiger partial charge in [0.1, 0.15) is 0 Å². The lowest BCUT2D eigenvalue weighted by Gasteiger charge is -2.22. The minimum Gasteiger partial charge on any atom is -0.297 e. The summed E-state index contributed by atoms with van der Waals surface area (Å²) in [5.41, 5.74) is 1.93. The fraction of sp³-hybridized carbons (Fsp3) is 0.263. The van der Waals surface area contributed by atoms with Crippen molar-refractivity contribution in [3.63, 3.8) is 0 Å². The van der Waals surface area contributed by atoms with Gasteiger partial charge in [-0.2, -0.15) is 0 Å². The molecule has 0 radical (unpaired) electrons. The lowest BCUT2D eigenvalue weighted by molar-refractivity contribution is 0.0966. The number of hydrogen-bond donors (Lipinski definition) is 1. The number of benzene rings is 2. The molecule has 0 aliphatic carbocycles. The van der Waals surface area contributed by atoms with E-state index in [-0.39, 0.29) is 21.0 Å². The standard InChI is InChI=1S/C19H20Cl2N2O2/c1-19(2,3)12-8-10-13(11-9-12)23(4)18(25)22-17(24)16-14(20)6-5-7-15(16)21/h5-11H,1-4H3,(H,22,24,25). The number of carbonyl (C=O) groups is 2. The number of nitrogens with one attached hydrogen (secondary N) is 1. The molecule has 0 atom stereocenters. The van der Waals surface area contributed by atoms with Crippen LogP contribution in [-0.2, 0) is 5.41 Å². The van der Waals surface area contributed by atoms with Crippen LogP contribution in [0.2, 0.25) is 10.0 Å². The Kier molecular flexibility index (Phi) is 5.76. The van der Waals surface area contributed by atoms with Crippen molar-refractivity contribution in [1.29, 1.82) is 0 Å². The molecule has 25 heavy (non-hydrogen) atoms. The van der Waals surface area contributed by atoms with Crippen molar-refractivity contribution >= 4 is 40.8 Å². The maximum absolute atomic E-state index is 12.3. The molecule has 0 aliphatic heterocycles. The molecular formula is C19H20Cl2N2O2. The van der Waals surface area contributed by atoms with Gasteiger partial charge in [0.15, 0.2) is 0 Å². The third-order valence-corrected chi connectivity index (χ3v) is 4.47. The summed E-state index contributed by atoms with van der Waals surface area (Å²) in [6.07, 6.45) is 0. The van der Waals surface area contributed by atoms with E-state index in [0.29, 0.717) is 5.69 Å². The second-order valence-corrected chi connectivity index (χ2v) is 7.53. The van der Waals surface area contributed by atoms with E-state index in [1.54, 1.807) is 25.2 Å². The SMILES string of the molecule is CN(C(=O)NC(=O)c1c(Cl)cccc1Cl)c1ccc(C(C)(C)C)cc1. The van der Waals surface area contributed by atoms with Crippen molar-refractivity contribution in [2.24, 2.45) is 0 Å². The summed E-state index contributed by atoms with van der Waals surface area (Å²) in [6.45, 7) is 6.35. The van der Waals surface area contributed by atoms with E-state index in [2.05, 4.69) is 26.1 Å². The van der Waals surface area contributed by atoms with E-state index in [4.69, 9.17) is 23.2 Å². The van der Waals surface area contributed by atoms with Crippen LogP contribution in [0.4, 0.5) is 10.5 Å². The summed E-state index contributed by atoms with van der Waals surface area (Å²) in [5.74, 6) is -0.640. The summed E-state index contributed by atoms with van der Waals surface area (Å²) in [4.78, 5) is 26.0. The normalized spacial score (nSPS) is 11.1. The fourth-order valence-electron chi connectivity index (χ4n) is 2.26. The van der Waals surface area contributed by atoms with Gasteiger partial charge in [-0.25, -0.2) is 4.79 Å². The van der Waals surface area contributed by atoms with Crippen molar-refractivity contribution in [3.05, 3.63) is 63.6 Å². The largest absolute Gasteiger partial charge is 0.328 e. The van der Waals surface area contributed by atoms with Gasteiger partial charge in [-0.1, -0.05) is 62.2 Å². The molecule has 2 rings (SSSR count). The molecule has 132 valence electrons. The molecule has 0 bridgehead atoms. The van der Waals surface area contributed by atoms with E-state index in [1.807, 2.05) is 24.3 Å². The van der Waals surface area contributed by atoms with Crippen LogP contribution >= 0.6 is 23.2 Å². The zero-order valence-electron chi connectivity index (χ0n) is 14.6. The Morgan fingerprint density at radius 2 is 1.48 bits per heavy atom. The van der Waals surface area contributed by atoms with Crippen molar-refractivity contribution in [3.8, 4) is 0 Å². The third kappa shape index (κ3) is 4.53. The van der Waals surface area contributed by atoms with Gasteiger partial charge >= 0.3 is 6.03 Å². The maximum atomic E-state index is 12.3. The van der Waals surface area contributed by atoms with E-state index >= 15 is 0 Å². The summed E-state index contributed by atoms with van der Waals surface area (Å²) in [5, 5.41) is 2.68. The number of halogens is 2. The average molecular weight is 379 g/mol. The zero-order valence-corrected chi connectivity index (χ0v) is 16.1. The Labute approximate surface area is 157 Å². The topological polar surface area (TPSA) is 49.4 Å². The summed E-state index contributed by atoms with van der Waals surface area (Å²) < 4.78 is 0. The summed E-state index contributed by atoms with van der Waals surface area (Å²) >= 11 is 12.0. The smallest absolute Gasteiger partial charge is 0.297 e. The van der Waals surface area contributed by atoms with Crippen LogP contribution in [-0.4, -0.2) is 19.0 Å². The fourth-order valence-corrected chi connectivity index (χ4v) is 2.83. The molecule has 3 amide bonds. The predicted octanol–water partition coefficient (Wildman–Crippen LogP) is 5.28. The molecule has 0 unspecified atom stereocenters. The highest BCUT2D eigenvalue weighted by molar-refractivity contribution is 6.40. The van der Waals surface area contributed by atoms with Crippen LogP contribution in [0.25, 0.3) is 0 Å². The van der Waals surface area contributed by atoms with Crippen molar-refractivity contribution in [1.82, 2.24) is 5.32 Å². The molecule has 2 aromatic carbocycles. The Hall–Kier alpha value is -2.04. The van der Waals surface area contributed by atoms with Crippen molar-refractivity contribution in [2.45, 2.75) is 26.2 Å². The number of urea groups is 1. The Balaban J connectivity index is 2.14. The number of carbonyl (C=O) groups excluding carboxylic acids is 2. The summed E-state index contributed by atoms with van der Waals surface area (Å²) in [7, 11) is 1.59. The van der Waals surface area contributed by atoms with Crippen LogP contribution in [0.5, 0.6) is 0 Å². The van der Waals surface area contributed by atoms with Gasteiger partial charge in [0.2, 0.25) is 0 Å².